The zero-order chi connectivity index (χ0) is 19.3. The molecule has 138 valence electrons. The fourth-order valence-electron chi connectivity index (χ4n) is 2.61. The van der Waals surface area contributed by atoms with Crippen LogP contribution >= 0.6 is 34.4 Å². The second kappa shape index (κ2) is 9.07. The van der Waals surface area contributed by atoms with E-state index in [0.717, 1.165) is 25.7 Å². The molecule has 0 spiro atoms. The van der Waals surface area contributed by atoms with Crippen molar-refractivity contribution in [3.8, 4) is 11.8 Å². The molecule has 26 heavy (non-hydrogen) atoms. The van der Waals surface area contributed by atoms with E-state index in [1.54, 1.807) is 0 Å². The van der Waals surface area contributed by atoms with Crippen molar-refractivity contribution in [1.82, 2.24) is 10.3 Å². The van der Waals surface area contributed by atoms with Gasteiger partial charge in [0.15, 0.2) is 0 Å². The summed E-state index contributed by atoms with van der Waals surface area (Å²) >= 11 is 3.71. The van der Waals surface area contributed by atoms with E-state index in [1.165, 1.54) is 11.8 Å². The lowest BCUT2D eigenvalue weighted by Crippen LogP contribution is -2.44. The number of aliphatic hydroxyl groups is 1. The van der Waals surface area contributed by atoms with Gasteiger partial charge in [-0.25, -0.2) is 4.98 Å². The Balaban J connectivity index is 2.34. The molecule has 0 aliphatic heterocycles. The first-order chi connectivity index (χ1) is 12.3. The minimum atomic E-state index is -0.668. The highest BCUT2D eigenvalue weighted by Crippen LogP contribution is 2.32. The van der Waals surface area contributed by atoms with E-state index in [1.807, 2.05) is 45.2 Å². The predicted octanol–water partition coefficient (Wildman–Crippen LogP) is 3.83. The van der Waals surface area contributed by atoms with Crippen molar-refractivity contribution in [3.63, 3.8) is 0 Å². The lowest BCUT2D eigenvalue weighted by atomic mass is 10.1. The van der Waals surface area contributed by atoms with Crippen LogP contribution in [0.1, 0.15) is 36.8 Å². The number of nitrogens with zero attached hydrogens (tertiary/aromatic N) is 1. The molecule has 0 fully saturated rings. The average Bonchev–Trinajstić information content (AvgIpc) is 2.56. The van der Waals surface area contributed by atoms with E-state index in [-0.39, 0.29) is 12.5 Å². The molecule has 0 bridgehead atoms. The summed E-state index contributed by atoms with van der Waals surface area (Å²) in [6.45, 7) is 5.76. The minimum absolute atomic E-state index is 0.0169. The number of para-hydroxylation sites is 1. The predicted molar refractivity (Wildman–Crippen MR) is 117 cm³/mol. The van der Waals surface area contributed by atoms with Crippen LogP contribution in [0.2, 0.25) is 0 Å². The fourth-order valence-corrected chi connectivity index (χ4v) is 4.26. The standard InChI is InChI=1S/C20H23IN2O2S/c1-13-8-7-9-14-12-15(21)17(22-16(13)14)18(26-4)19(25)23-20(2,3)10-5-6-11-24/h7-9,12,18,24H,6,11H2,1-4H3,(H,23,25). The van der Waals surface area contributed by atoms with Gasteiger partial charge in [-0.1, -0.05) is 30.0 Å². The molecule has 1 heterocycles. The molecule has 2 rings (SSSR count). The van der Waals surface area contributed by atoms with Gasteiger partial charge >= 0.3 is 0 Å². The molecule has 1 unspecified atom stereocenters. The fraction of sp³-hybridized carbons (Fsp3) is 0.400. The van der Waals surface area contributed by atoms with Crippen molar-refractivity contribution in [3.05, 3.63) is 39.1 Å². The Bertz CT molecular complexity index is 871. The number of carbonyl (C=O) groups excluding carboxylic acids is 1. The Morgan fingerprint density at radius 1 is 1.46 bits per heavy atom. The second-order valence-electron chi connectivity index (χ2n) is 6.51. The average molecular weight is 482 g/mol. The van der Waals surface area contributed by atoms with Crippen LogP contribution in [0.4, 0.5) is 0 Å². The van der Waals surface area contributed by atoms with E-state index >= 15 is 0 Å². The van der Waals surface area contributed by atoms with Gasteiger partial charge in [0.25, 0.3) is 0 Å². The Morgan fingerprint density at radius 2 is 2.19 bits per heavy atom. The SMILES string of the molecule is CSC(C(=O)NC(C)(C)C#CCCO)c1nc2c(C)cccc2cc1I. The maximum Gasteiger partial charge on any atom is 0.240 e. The third-order valence-corrected chi connectivity index (χ3v) is 5.60. The van der Waals surface area contributed by atoms with Crippen LogP contribution in [0.25, 0.3) is 10.9 Å². The molecular weight excluding hydrogens is 459 g/mol. The quantitative estimate of drug-likeness (QED) is 0.503. The molecule has 0 saturated heterocycles. The number of hydrogen-bond donors (Lipinski definition) is 2. The molecule has 0 aliphatic carbocycles. The van der Waals surface area contributed by atoms with Gasteiger partial charge in [0, 0.05) is 15.4 Å². The Morgan fingerprint density at radius 3 is 2.85 bits per heavy atom. The molecule has 1 aromatic carbocycles. The van der Waals surface area contributed by atoms with Crippen molar-refractivity contribution >= 4 is 51.2 Å². The van der Waals surface area contributed by atoms with Gasteiger partial charge in [-0.3, -0.25) is 4.79 Å². The smallest absolute Gasteiger partial charge is 0.240 e. The largest absolute Gasteiger partial charge is 0.395 e. The first kappa shape index (κ1) is 21.0. The zero-order valence-corrected chi connectivity index (χ0v) is 18.4. The summed E-state index contributed by atoms with van der Waals surface area (Å²) in [5, 5.41) is 12.5. The summed E-state index contributed by atoms with van der Waals surface area (Å²) < 4.78 is 0.972. The number of carbonyl (C=O) groups is 1. The van der Waals surface area contributed by atoms with Crippen LogP contribution in [0.15, 0.2) is 24.3 Å². The van der Waals surface area contributed by atoms with Gasteiger partial charge in [-0.2, -0.15) is 0 Å². The Kier molecular flexibility index (Phi) is 7.33. The molecule has 1 atom stereocenters. The summed E-state index contributed by atoms with van der Waals surface area (Å²) in [6, 6.07) is 8.16. The summed E-state index contributed by atoms with van der Waals surface area (Å²) in [5.74, 6) is 5.77. The van der Waals surface area contributed by atoms with Crippen molar-refractivity contribution in [2.24, 2.45) is 0 Å². The summed E-state index contributed by atoms with van der Waals surface area (Å²) in [7, 11) is 0. The number of rotatable bonds is 5. The van der Waals surface area contributed by atoms with Crippen LogP contribution in [0, 0.1) is 22.3 Å². The Labute approximate surface area is 172 Å². The van der Waals surface area contributed by atoms with Crippen LogP contribution in [-0.2, 0) is 4.79 Å². The van der Waals surface area contributed by atoms with Gasteiger partial charge in [0.1, 0.15) is 5.25 Å². The van der Waals surface area contributed by atoms with E-state index < -0.39 is 10.8 Å². The number of aryl methyl sites for hydroxylation is 1. The van der Waals surface area contributed by atoms with Gasteiger partial charge in [-0.05, 0) is 61.2 Å². The first-order valence-electron chi connectivity index (χ1n) is 8.30. The highest BCUT2D eigenvalue weighted by molar-refractivity contribution is 14.1. The highest BCUT2D eigenvalue weighted by Gasteiger charge is 2.28. The minimum Gasteiger partial charge on any atom is -0.395 e. The number of pyridine rings is 1. The number of fused-ring (bicyclic) bond motifs is 1. The summed E-state index contributed by atoms with van der Waals surface area (Å²) in [4.78, 5) is 17.7. The third-order valence-electron chi connectivity index (χ3n) is 3.82. The molecule has 1 aromatic heterocycles. The normalized spacial score (nSPS) is 12.4. The molecule has 2 aromatic rings. The van der Waals surface area contributed by atoms with E-state index in [4.69, 9.17) is 10.1 Å². The van der Waals surface area contributed by atoms with Gasteiger partial charge < -0.3 is 10.4 Å². The van der Waals surface area contributed by atoms with Gasteiger partial charge in [0.05, 0.1) is 23.4 Å². The van der Waals surface area contributed by atoms with Crippen LogP contribution in [0.3, 0.4) is 0 Å². The molecule has 1 amide bonds. The molecule has 0 radical (unpaired) electrons. The first-order valence-corrected chi connectivity index (χ1v) is 10.7. The lowest BCUT2D eigenvalue weighted by Gasteiger charge is -2.24. The maximum atomic E-state index is 12.9. The van der Waals surface area contributed by atoms with Crippen molar-refractivity contribution in [2.75, 3.05) is 12.9 Å². The number of nitrogens with one attached hydrogen (secondary N) is 1. The van der Waals surface area contributed by atoms with Crippen molar-refractivity contribution in [2.45, 2.75) is 38.0 Å². The number of benzene rings is 1. The van der Waals surface area contributed by atoms with Crippen LogP contribution in [0.5, 0.6) is 0 Å². The molecule has 6 heteroatoms. The van der Waals surface area contributed by atoms with Crippen molar-refractivity contribution in [1.29, 1.82) is 0 Å². The number of thioether (sulfide) groups is 1. The van der Waals surface area contributed by atoms with E-state index in [0.29, 0.717) is 6.42 Å². The number of halogens is 1. The third kappa shape index (κ3) is 5.12. The number of hydrogen-bond acceptors (Lipinski definition) is 4. The monoisotopic (exact) mass is 482 g/mol. The summed E-state index contributed by atoms with van der Waals surface area (Å²) in [5.41, 5.74) is 2.13. The van der Waals surface area contributed by atoms with E-state index in [9.17, 15) is 4.79 Å². The lowest BCUT2D eigenvalue weighted by molar-refractivity contribution is -0.121. The maximum absolute atomic E-state index is 12.9. The van der Waals surface area contributed by atoms with Crippen LogP contribution in [-0.4, -0.2) is 34.4 Å². The number of amides is 1. The number of aliphatic hydroxyl groups excluding tert-OH is 1. The van der Waals surface area contributed by atoms with Gasteiger partial charge in [0.2, 0.25) is 5.91 Å². The topological polar surface area (TPSA) is 62.2 Å². The van der Waals surface area contributed by atoms with Gasteiger partial charge in [-0.15, -0.1) is 11.8 Å². The number of aromatic nitrogens is 1. The molecule has 0 aliphatic rings. The highest BCUT2D eigenvalue weighted by atomic mass is 127. The van der Waals surface area contributed by atoms with Crippen molar-refractivity contribution < 1.29 is 9.90 Å². The molecule has 0 saturated carbocycles. The summed E-state index contributed by atoms with van der Waals surface area (Å²) in [6.07, 6.45) is 2.31. The van der Waals surface area contributed by atoms with Crippen LogP contribution < -0.4 is 5.32 Å². The van der Waals surface area contributed by atoms with E-state index in [2.05, 4.69) is 45.8 Å². The molecule has 2 N–H and O–H groups in total. The Hall–Kier alpha value is -1.30. The zero-order valence-electron chi connectivity index (χ0n) is 15.4. The second-order valence-corrected chi connectivity index (χ2v) is 8.61. The molecular formula is C20H23IN2O2S. The molecule has 4 nitrogen and oxygen atoms in total.